The molecule has 0 fully saturated rings. The third-order valence-corrected chi connectivity index (χ3v) is 3.59. The molecule has 5 nitrogen and oxygen atoms in total. The minimum absolute atomic E-state index is 0.460. The van der Waals surface area contributed by atoms with Gasteiger partial charge in [0, 0.05) is 6.54 Å². The molecule has 0 aliphatic heterocycles. The number of amides is 1. The van der Waals surface area contributed by atoms with E-state index < -0.39 is 11.7 Å². The quantitative estimate of drug-likeness (QED) is 0.857. The number of rotatable bonds is 4. The summed E-state index contributed by atoms with van der Waals surface area (Å²) in [5, 5.41) is 5.96. The van der Waals surface area contributed by atoms with Crippen LogP contribution in [-0.4, -0.2) is 16.7 Å². The maximum absolute atomic E-state index is 11.7. The Morgan fingerprint density at radius 2 is 1.92 bits per heavy atom. The SMILES string of the molecule is Cc1cccc(CNc2ccc(NC(=O)OC(C)(C)C)nc2)c1C. The third kappa shape index (κ3) is 5.26. The number of aromatic nitrogens is 1. The topological polar surface area (TPSA) is 63.2 Å². The Morgan fingerprint density at radius 1 is 1.17 bits per heavy atom. The maximum atomic E-state index is 11.7. The van der Waals surface area contributed by atoms with Gasteiger partial charge in [-0.1, -0.05) is 18.2 Å². The lowest BCUT2D eigenvalue weighted by atomic mass is 10.0. The summed E-state index contributed by atoms with van der Waals surface area (Å²) in [5.41, 5.74) is 4.19. The standard InChI is InChI=1S/C19H25N3O2/c1-13-7-6-8-15(14(13)2)11-20-16-9-10-17(21-12-16)22-18(23)24-19(3,4)5/h6-10,12,20H,11H2,1-5H3,(H,21,22,23). The Morgan fingerprint density at radius 3 is 2.54 bits per heavy atom. The second-order valence-corrected chi connectivity index (χ2v) is 6.77. The van der Waals surface area contributed by atoms with E-state index in [1.807, 2.05) is 26.8 Å². The summed E-state index contributed by atoms with van der Waals surface area (Å²) >= 11 is 0. The number of hydrogen-bond donors (Lipinski definition) is 2. The molecule has 0 aliphatic carbocycles. The van der Waals surface area contributed by atoms with Gasteiger partial charge in [0.05, 0.1) is 11.9 Å². The fourth-order valence-electron chi connectivity index (χ4n) is 2.18. The van der Waals surface area contributed by atoms with E-state index >= 15 is 0 Å². The molecule has 128 valence electrons. The van der Waals surface area contributed by atoms with Gasteiger partial charge in [-0.15, -0.1) is 0 Å². The van der Waals surface area contributed by atoms with Crippen molar-refractivity contribution in [2.45, 2.75) is 46.8 Å². The van der Waals surface area contributed by atoms with E-state index in [-0.39, 0.29) is 0 Å². The minimum Gasteiger partial charge on any atom is -0.444 e. The minimum atomic E-state index is -0.531. The zero-order valence-electron chi connectivity index (χ0n) is 14.9. The highest BCUT2D eigenvalue weighted by Gasteiger charge is 2.16. The third-order valence-electron chi connectivity index (χ3n) is 3.59. The van der Waals surface area contributed by atoms with Crippen molar-refractivity contribution < 1.29 is 9.53 Å². The second-order valence-electron chi connectivity index (χ2n) is 6.77. The van der Waals surface area contributed by atoms with Gasteiger partial charge in [-0.25, -0.2) is 9.78 Å². The van der Waals surface area contributed by atoms with Gasteiger partial charge < -0.3 is 10.1 Å². The van der Waals surface area contributed by atoms with E-state index in [2.05, 4.69) is 47.7 Å². The molecule has 5 heteroatoms. The van der Waals surface area contributed by atoms with Crippen molar-refractivity contribution in [3.8, 4) is 0 Å². The molecule has 0 saturated heterocycles. The summed E-state index contributed by atoms with van der Waals surface area (Å²) in [4.78, 5) is 15.9. The maximum Gasteiger partial charge on any atom is 0.413 e. The number of benzene rings is 1. The molecule has 1 aromatic carbocycles. The van der Waals surface area contributed by atoms with Crippen LogP contribution in [0.2, 0.25) is 0 Å². The molecule has 0 bridgehead atoms. The Labute approximate surface area is 143 Å². The van der Waals surface area contributed by atoms with E-state index in [1.165, 1.54) is 16.7 Å². The van der Waals surface area contributed by atoms with Gasteiger partial charge in [0.15, 0.2) is 0 Å². The number of carbonyl (C=O) groups excluding carboxylic acids is 1. The monoisotopic (exact) mass is 327 g/mol. The first-order valence-electron chi connectivity index (χ1n) is 7.99. The molecule has 1 heterocycles. The van der Waals surface area contributed by atoms with Gasteiger partial charge in [-0.05, 0) is 63.4 Å². The summed E-state index contributed by atoms with van der Waals surface area (Å²) < 4.78 is 5.20. The second kappa shape index (κ2) is 7.34. The van der Waals surface area contributed by atoms with Gasteiger partial charge in [0.25, 0.3) is 0 Å². The van der Waals surface area contributed by atoms with Crippen molar-refractivity contribution in [2.24, 2.45) is 0 Å². The Kier molecular flexibility index (Phi) is 5.44. The zero-order valence-corrected chi connectivity index (χ0v) is 14.9. The molecule has 1 amide bonds. The van der Waals surface area contributed by atoms with Crippen molar-refractivity contribution in [3.05, 3.63) is 53.2 Å². The lowest BCUT2D eigenvalue weighted by Crippen LogP contribution is -2.27. The highest BCUT2D eigenvalue weighted by Crippen LogP contribution is 2.16. The fraction of sp³-hybridized carbons (Fsp3) is 0.368. The van der Waals surface area contributed by atoms with E-state index in [0.717, 1.165) is 12.2 Å². The molecule has 0 spiro atoms. The van der Waals surface area contributed by atoms with Crippen LogP contribution in [0, 0.1) is 13.8 Å². The van der Waals surface area contributed by atoms with Crippen molar-refractivity contribution in [3.63, 3.8) is 0 Å². The van der Waals surface area contributed by atoms with Crippen LogP contribution in [0.15, 0.2) is 36.5 Å². The van der Waals surface area contributed by atoms with Gasteiger partial charge in [0.2, 0.25) is 0 Å². The fourth-order valence-corrected chi connectivity index (χ4v) is 2.18. The molecular formula is C19H25N3O2. The summed E-state index contributed by atoms with van der Waals surface area (Å²) in [6.07, 6.45) is 1.18. The van der Waals surface area contributed by atoms with Gasteiger partial charge in [-0.3, -0.25) is 5.32 Å². The zero-order chi connectivity index (χ0) is 17.7. The first-order chi connectivity index (χ1) is 11.2. The molecule has 2 rings (SSSR count). The average molecular weight is 327 g/mol. The Balaban J connectivity index is 1.92. The van der Waals surface area contributed by atoms with E-state index in [9.17, 15) is 4.79 Å². The molecule has 0 atom stereocenters. The molecule has 2 N–H and O–H groups in total. The molecule has 1 aromatic heterocycles. The number of aryl methyl sites for hydroxylation is 1. The van der Waals surface area contributed by atoms with Crippen LogP contribution in [0.25, 0.3) is 0 Å². The molecule has 0 radical (unpaired) electrons. The van der Waals surface area contributed by atoms with Crippen molar-refractivity contribution in [1.82, 2.24) is 4.98 Å². The molecule has 0 saturated carbocycles. The van der Waals surface area contributed by atoms with Crippen molar-refractivity contribution in [2.75, 3.05) is 10.6 Å². The average Bonchev–Trinajstić information content (AvgIpc) is 2.48. The van der Waals surface area contributed by atoms with E-state index in [4.69, 9.17) is 4.74 Å². The lowest BCUT2D eigenvalue weighted by Gasteiger charge is -2.19. The van der Waals surface area contributed by atoms with E-state index in [0.29, 0.717) is 5.82 Å². The van der Waals surface area contributed by atoms with Crippen molar-refractivity contribution in [1.29, 1.82) is 0 Å². The predicted molar refractivity (Wildman–Crippen MR) is 97.3 cm³/mol. The van der Waals surface area contributed by atoms with Crippen LogP contribution in [0.1, 0.15) is 37.5 Å². The molecular weight excluding hydrogens is 302 g/mol. The first kappa shape index (κ1) is 17.8. The van der Waals surface area contributed by atoms with Crippen LogP contribution in [0.5, 0.6) is 0 Å². The van der Waals surface area contributed by atoms with E-state index in [1.54, 1.807) is 12.3 Å². The molecule has 0 unspecified atom stereocenters. The van der Waals surface area contributed by atoms with Crippen molar-refractivity contribution >= 4 is 17.6 Å². The summed E-state index contributed by atoms with van der Waals surface area (Å²) in [6, 6.07) is 9.91. The van der Waals surface area contributed by atoms with Crippen LogP contribution in [0.3, 0.4) is 0 Å². The molecule has 2 aromatic rings. The lowest BCUT2D eigenvalue weighted by molar-refractivity contribution is 0.0635. The highest BCUT2D eigenvalue weighted by molar-refractivity contribution is 5.83. The Bertz CT molecular complexity index is 704. The number of carbonyl (C=O) groups is 1. The number of anilines is 2. The van der Waals surface area contributed by atoms with Crippen LogP contribution >= 0.6 is 0 Å². The molecule has 0 aliphatic rings. The van der Waals surface area contributed by atoms with Crippen LogP contribution < -0.4 is 10.6 Å². The van der Waals surface area contributed by atoms with Gasteiger partial charge >= 0.3 is 6.09 Å². The smallest absolute Gasteiger partial charge is 0.413 e. The van der Waals surface area contributed by atoms with Crippen LogP contribution in [0.4, 0.5) is 16.3 Å². The normalized spacial score (nSPS) is 11.0. The Hall–Kier alpha value is -2.56. The predicted octanol–water partition coefficient (Wildman–Crippen LogP) is 4.66. The summed E-state index contributed by atoms with van der Waals surface area (Å²) in [6.45, 7) is 10.4. The molecule has 24 heavy (non-hydrogen) atoms. The summed E-state index contributed by atoms with van der Waals surface area (Å²) in [7, 11) is 0. The first-order valence-corrected chi connectivity index (χ1v) is 7.99. The highest BCUT2D eigenvalue weighted by atomic mass is 16.6. The number of hydrogen-bond acceptors (Lipinski definition) is 4. The number of nitrogens with one attached hydrogen (secondary N) is 2. The number of pyridine rings is 1. The van der Waals surface area contributed by atoms with Gasteiger partial charge in [-0.2, -0.15) is 0 Å². The van der Waals surface area contributed by atoms with Crippen LogP contribution in [-0.2, 0) is 11.3 Å². The number of nitrogens with zero attached hydrogens (tertiary/aromatic N) is 1. The van der Waals surface area contributed by atoms with Gasteiger partial charge in [0.1, 0.15) is 11.4 Å². The number of ether oxygens (including phenoxy) is 1. The largest absolute Gasteiger partial charge is 0.444 e. The summed E-state index contributed by atoms with van der Waals surface area (Å²) in [5.74, 6) is 0.460.